The minimum atomic E-state index is -4.84. The van der Waals surface area contributed by atoms with E-state index in [9.17, 15) is 27.6 Å². The van der Waals surface area contributed by atoms with Gasteiger partial charge in [0.05, 0.1) is 27.9 Å². The first-order valence-electron chi connectivity index (χ1n) is 10.5. The molecule has 1 atom stereocenters. The summed E-state index contributed by atoms with van der Waals surface area (Å²) in [6.07, 6.45) is -3.69. The molecule has 182 valence electrons. The molecule has 2 amide bonds. The lowest BCUT2D eigenvalue weighted by atomic mass is 9.79. The van der Waals surface area contributed by atoms with Crippen LogP contribution in [0.15, 0.2) is 60.8 Å². The molecule has 1 aromatic heterocycles. The number of nitriles is 1. The van der Waals surface area contributed by atoms with Crippen LogP contribution in [0.3, 0.4) is 0 Å². The minimum absolute atomic E-state index is 0.127. The molecule has 3 rings (SSSR count). The van der Waals surface area contributed by atoms with Gasteiger partial charge in [0, 0.05) is 18.7 Å². The smallest absolute Gasteiger partial charge is 0.336 e. The highest BCUT2D eigenvalue weighted by atomic mass is 35.5. The predicted octanol–water partition coefficient (Wildman–Crippen LogP) is 5.96. The first-order valence-corrected chi connectivity index (χ1v) is 10.9. The number of pyridine rings is 1. The molecule has 0 aliphatic carbocycles. The molecule has 35 heavy (non-hydrogen) atoms. The molecule has 0 saturated carbocycles. The van der Waals surface area contributed by atoms with E-state index in [-0.39, 0.29) is 28.7 Å². The van der Waals surface area contributed by atoms with Gasteiger partial charge < -0.3 is 10.6 Å². The van der Waals surface area contributed by atoms with E-state index in [1.165, 1.54) is 24.4 Å². The Morgan fingerprint density at radius 3 is 2.43 bits per heavy atom. The molecular weight excluding hydrogens is 484 g/mol. The summed E-state index contributed by atoms with van der Waals surface area (Å²) in [5, 5.41) is 14.9. The van der Waals surface area contributed by atoms with E-state index in [1.807, 2.05) is 6.07 Å². The van der Waals surface area contributed by atoms with Gasteiger partial charge in [-0.25, -0.2) is 9.18 Å². The number of benzene rings is 2. The lowest BCUT2D eigenvalue weighted by Crippen LogP contribution is -2.53. The largest absolute Gasteiger partial charge is 0.416 e. The van der Waals surface area contributed by atoms with Crippen molar-refractivity contribution in [2.45, 2.75) is 38.0 Å². The zero-order valence-corrected chi connectivity index (χ0v) is 19.5. The van der Waals surface area contributed by atoms with Crippen LogP contribution in [0.2, 0.25) is 5.02 Å². The molecule has 3 aromatic rings. The summed E-state index contributed by atoms with van der Waals surface area (Å²) in [5.74, 6) is -1.13. The molecule has 0 bridgehead atoms. The van der Waals surface area contributed by atoms with Gasteiger partial charge in [-0.2, -0.15) is 18.4 Å². The fourth-order valence-electron chi connectivity index (χ4n) is 3.70. The van der Waals surface area contributed by atoms with Crippen molar-refractivity contribution >= 4 is 17.6 Å². The summed E-state index contributed by atoms with van der Waals surface area (Å²) in [6.45, 7) is 3.42. The van der Waals surface area contributed by atoms with Crippen molar-refractivity contribution in [1.29, 1.82) is 5.26 Å². The molecular formula is C25H21ClF4N4O. The van der Waals surface area contributed by atoms with Crippen molar-refractivity contribution in [2.75, 3.05) is 0 Å². The van der Waals surface area contributed by atoms with Crippen LogP contribution in [-0.4, -0.2) is 17.1 Å². The maximum Gasteiger partial charge on any atom is 0.416 e. The third kappa shape index (κ3) is 6.28. The van der Waals surface area contributed by atoms with Crippen LogP contribution in [0, 0.1) is 17.1 Å². The number of urea groups is 1. The molecule has 0 fully saturated rings. The van der Waals surface area contributed by atoms with Gasteiger partial charge >= 0.3 is 12.2 Å². The number of carbonyl (C=O) groups is 1. The second kappa shape index (κ2) is 10.3. The van der Waals surface area contributed by atoms with Gasteiger partial charge in [-0.1, -0.05) is 23.7 Å². The molecule has 0 aliphatic rings. The Kier molecular flexibility index (Phi) is 7.66. The van der Waals surface area contributed by atoms with Gasteiger partial charge in [0.2, 0.25) is 0 Å². The summed E-state index contributed by atoms with van der Waals surface area (Å²) in [6, 6.07) is 12.4. The molecule has 0 radical (unpaired) electrons. The van der Waals surface area contributed by atoms with Crippen LogP contribution in [0.25, 0.3) is 0 Å². The van der Waals surface area contributed by atoms with E-state index in [4.69, 9.17) is 11.6 Å². The third-order valence-electron chi connectivity index (χ3n) is 5.15. The van der Waals surface area contributed by atoms with Crippen molar-refractivity contribution < 1.29 is 22.4 Å². The Balaban J connectivity index is 2.32. The second-order valence-electron chi connectivity index (χ2n) is 8.24. The van der Waals surface area contributed by atoms with Crippen LogP contribution in [0.4, 0.5) is 22.4 Å². The van der Waals surface area contributed by atoms with Gasteiger partial charge in [0.1, 0.15) is 11.4 Å². The van der Waals surface area contributed by atoms with Crippen LogP contribution in [-0.2, 0) is 18.1 Å². The van der Waals surface area contributed by atoms with Crippen molar-refractivity contribution in [2.24, 2.45) is 0 Å². The molecule has 5 nitrogen and oxygen atoms in total. The number of rotatable bonds is 6. The average molecular weight is 505 g/mol. The van der Waals surface area contributed by atoms with Gasteiger partial charge in [0.15, 0.2) is 0 Å². The summed E-state index contributed by atoms with van der Waals surface area (Å²) >= 11 is 5.99. The van der Waals surface area contributed by atoms with E-state index >= 15 is 0 Å². The molecule has 1 unspecified atom stereocenters. The second-order valence-corrected chi connectivity index (χ2v) is 8.67. The van der Waals surface area contributed by atoms with Gasteiger partial charge in [-0.3, -0.25) is 4.98 Å². The van der Waals surface area contributed by atoms with E-state index in [2.05, 4.69) is 15.6 Å². The quantitative estimate of drug-likeness (QED) is 0.407. The molecule has 2 aromatic carbocycles. The molecule has 0 spiro atoms. The lowest BCUT2D eigenvalue weighted by Gasteiger charge is -2.36. The maximum atomic E-state index is 14.6. The number of amides is 2. The normalized spacial score (nSPS) is 13.1. The van der Waals surface area contributed by atoms with Crippen molar-refractivity contribution in [3.63, 3.8) is 0 Å². The van der Waals surface area contributed by atoms with Gasteiger partial charge in [-0.05, 0) is 67.4 Å². The Morgan fingerprint density at radius 2 is 1.83 bits per heavy atom. The standard InChI is InChI=1S/C25H21ClF4N4O/c1-15(2)33-23(35)34-24(22-7-6-20(26)14-32-22,12-16-4-3-5-17(8-16)13-31)18-9-19(25(28,29)30)11-21(27)10-18/h3-11,14-15H,12H2,1-2H3,(H2,33,34,35). The number of aromatic nitrogens is 1. The van der Waals surface area contributed by atoms with Crippen LogP contribution in [0.5, 0.6) is 0 Å². The number of halogens is 5. The number of carbonyl (C=O) groups excluding carboxylic acids is 1. The predicted molar refractivity (Wildman–Crippen MR) is 123 cm³/mol. The van der Waals surface area contributed by atoms with Crippen LogP contribution in [0.1, 0.15) is 41.8 Å². The maximum absolute atomic E-state index is 14.6. The van der Waals surface area contributed by atoms with E-state index in [0.29, 0.717) is 17.2 Å². The van der Waals surface area contributed by atoms with Gasteiger partial charge in [0.25, 0.3) is 0 Å². The summed E-state index contributed by atoms with van der Waals surface area (Å²) in [5.41, 5.74) is -2.21. The zero-order chi connectivity index (χ0) is 25.8. The highest BCUT2D eigenvalue weighted by molar-refractivity contribution is 6.30. The van der Waals surface area contributed by atoms with E-state index in [1.54, 1.807) is 32.0 Å². The first kappa shape index (κ1) is 26.0. The number of alkyl halides is 3. The number of hydrogen-bond donors (Lipinski definition) is 2. The van der Waals surface area contributed by atoms with E-state index < -0.39 is 29.1 Å². The first-order chi connectivity index (χ1) is 16.4. The van der Waals surface area contributed by atoms with Crippen molar-refractivity contribution in [1.82, 2.24) is 15.6 Å². The summed E-state index contributed by atoms with van der Waals surface area (Å²) < 4.78 is 55.4. The number of hydrogen-bond acceptors (Lipinski definition) is 3. The van der Waals surface area contributed by atoms with Crippen LogP contribution < -0.4 is 10.6 Å². The van der Waals surface area contributed by atoms with E-state index in [0.717, 1.165) is 12.1 Å². The number of nitrogens with zero attached hydrogens (tertiary/aromatic N) is 2. The average Bonchev–Trinajstić information content (AvgIpc) is 2.77. The Bertz CT molecular complexity index is 1260. The zero-order valence-electron chi connectivity index (χ0n) is 18.8. The van der Waals surface area contributed by atoms with Crippen molar-refractivity contribution in [3.8, 4) is 6.07 Å². The Morgan fingerprint density at radius 1 is 1.11 bits per heavy atom. The lowest BCUT2D eigenvalue weighted by molar-refractivity contribution is -0.137. The van der Waals surface area contributed by atoms with Crippen molar-refractivity contribution in [3.05, 3.63) is 99.6 Å². The Hall–Kier alpha value is -3.64. The topological polar surface area (TPSA) is 77.8 Å². The highest BCUT2D eigenvalue weighted by Gasteiger charge is 2.41. The molecule has 10 heteroatoms. The molecule has 0 saturated heterocycles. The number of nitrogens with one attached hydrogen (secondary N) is 2. The minimum Gasteiger partial charge on any atom is -0.336 e. The SMILES string of the molecule is CC(C)NC(=O)NC(Cc1cccc(C#N)c1)(c1cc(F)cc(C(F)(F)F)c1)c1ccc(Cl)cn1. The third-order valence-corrected chi connectivity index (χ3v) is 5.38. The monoisotopic (exact) mass is 504 g/mol. The molecule has 2 N–H and O–H groups in total. The fraction of sp³-hybridized carbons (Fsp3) is 0.240. The highest BCUT2D eigenvalue weighted by Crippen LogP contribution is 2.38. The fourth-order valence-corrected chi connectivity index (χ4v) is 3.81. The Labute approximate surface area is 204 Å². The van der Waals surface area contributed by atoms with Crippen LogP contribution >= 0.6 is 11.6 Å². The molecule has 1 heterocycles. The summed E-state index contributed by atoms with van der Waals surface area (Å²) in [7, 11) is 0. The molecule has 0 aliphatic heterocycles. The summed E-state index contributed by atoms with van der Waals surface area (Å²) in [4.78, 5) is 17.2. The van der Waals surface area contributed by atoms with Gasteiger partial charge in [-0.15, -0.1) is 0 Å².